The number of halogens is 2. The number of rotatable bonds is 1. The van der Waals surface area contributed by atoms with Gasteiger partial charge in [-0.05, 0) is 18.2 Å². The first kappa shape index (κ1) is 9.51. The van der Waals surface area contributed by atoms with Crippen molar-refractivity contribution in [3.8, 4) is 0 Å². The molecule has 5 heteroatoms. The van der Waals surface area contributed by atoms with Gasteiger partial charge < -0.3 is 0 Å². The van der Waals surface area contributed by atoms with Crippen LogP contribution < -0.4 is 0 Å². The number of benzene rings is 2. The Kier molecular flexibility index (Phi) is 2.07. The third kappa shape index (κ3) is 1.41. The molecule has 2 aromatic rings. The van der Waals surface area contributed by atoms with Crippen molar-refractivity contribution in [2.45, 2.75) is 0 Å². The minimum absolute atomic E-state index is 0.0278. The second kappa shape index (κ2) is 3.27. The van der Waals surface area contributed by atoms with Crippen molar-refractivity contribution in [1.29, 1.82) is 0 Å². The molecule has 0 bridgehead atoms. The molecule has 3 nitrogen and oxygen atoms in total. The van der Waals surface area contributed by atoms with Gasteiger partial charge in [0.1, 0.15) is 11.6 Å². The van der Waals surface area contributed by atoms with E-state index in [0.29, 0.717) is 0 Å². The average molecular weight is 209 g/mol. The van der Waals surface area contributed by atoms with Gasteiger partial charge in [-0.3, -0.25) is 10.1 Å². The Balaban J connectivity index is 2.95. The van der Waals surface area contributed by atoms with E-state index in [9.17, 15) is 18.9 Å². The van der Waals surface area contributed by atoms with Gasteiger partial charge >= 0.3 is 0 Å². The van der Waals surface area contributed by atoms with Crippen LogP contribution in [-0.4, -0.2) is 4.92 Å². The second-order valence-corrected chi connectivity index (χ2v) is 2.99. The Hall–Kier alpha value is -2.04. The predicted octanol–water partition coefficient (Wildman–Crippen LogP) is 3.03. The van der Waals surface area contributed by atoms with Crippen molar-refractivity contribution in [2.75, 3.05) is 0 Å². The summed E-state index contributed by atoms with van der Waals surface area (Å²) in [7, 11) is 0. The van der Waals surface area contributed by atoms with Gasteiger partial charge in [-0.25, -0.2) is 8.78 Å². The summed E-state index contributed by atoms with van der Waals surface area (Å²) in [5.41, 5.74) is -0.300. The quantitative estimate of drug-likeness (QED) is 0.535. The van der Waals surface area contributed by atoms with Crippen molar-refractivity contribution in [1.82, 2.24) is 0 Å². The Morgan fingerprint density at radius 1 is 1.07 bits per heavy atom. The molecule has 0 heterocycles. The number of hydrogen-bond donors (Lipinski definition) is 0. The molecule has 0 fully saturated rings. The van der Waals surface area contributed by atoms with E-state index in [0.717, 1.165) is 18.2 Å². The summed E-state index contributed by atoms with van der Waals surface area (Å²) in [5, 5.41) is 10.2. The summed E-state index contributed by atoms with van der Waals surface area (Å²) in [6.45, 7) is 0. The summed E-state index contributed by atoms with van der Waals surface area (Å²) < 4.78 is 26.5. The van der Waals surface area contributed by atoms with Gasteiger partial charge in [-0.1, -0.05) is 6.07 Å². The van der Waals surface area contributed by atoms with E-state index < -0.39 is 16.6 Å². The number of hydrogen-bond acceptors (Lipinski definition) is 2. The number of nitro groups is 1. The van der Waals surface area contributed by atoms with Gasteiger partial charge in [0.25, 0.3) is 5.69 Å². The van der Waals surface area contributed by atoms with E-state index in [4.69, 9.17) is 0 Å². The van der Waals surface area contributed by atoms with Crippen LogP contribution in [0.2, 0.25) is 0 Å². The van der Waals surface area contributed by atoms with Gasteiger partial charge in [0.15, 0.2) is 0 Å². The smallest absolute Gasteiger partial charge is 0.258 e. The molecule has 0 aliphatic carbocycles. The summed E-state index contributed by atoms with van der Waals surface area (Å²) in [6, 6.07) is 5.61. The number of nitrogens with zero attached hydrogens (tertiary/aromatic N) is 1. The van der Waals surface area contributed by atoms with Crippen LogP contribution in [0.15, 0.2) is 30.3 Å². The highest BCUT2D eigenvalue weighted by molar-refractivity contribution is 5.91. The van der Waals surface area contributed by atoms with Crippen LogP contribution in [0.3, 0.4) is 0 Å². The standard InChI is InChI=1S/C10H5F2NO2/c11-7-3-1-2-6-9(13(14)15)5-4-8(12)10(6)7/h1-5H. The lowest BCUT2D eigenvalue weighted by Gasteiger charge is -2.01. The molecule has 15 heavy (non-hydrogen) atoms. The summed E-state index contributed by atoms with van der Waals surface area (Å²) in [5.74, 6) is -1.60. The molecule has 0 saturated carbocycles. The molecule has 0 unspecified atom stereocenters. The molecule has 0 aromatic heterocycles. The van der Waals surface area contributed by atoms with Crippen molar-refractivity contribution < 1.29 is 13.7 Å². The van der Waals surface area contributed by atoms with Crippen LogP contribution >= 0.6 is 0 Å². The minimum Gasteiger partial charge on any atom is -0.258 e. The van der Waals surface area contributed by atoms with Crippen molar-refractivity contribution in [2.24, 2.45) is 0 Å². The van der Waals surface area contributed by atoms with Gasteiger partial charge in [0, 0.05) is 6.07 Å². The lowest BCUT2D eigenvalue weighted by atomic mass is 10.1. The summed E-state index contributed by atoms with van der Waals surface area (Å²) in [4.78, 5) is 9.93. The minimum atomic E-state index is -0.798. The van der Waals surface area contributed by atoms with Gasteiger partial charge in [-0.2, -0.15) is 0 Å². The molecule has 2 aromatic carbocycles. The fourth-order valence-corrected chi connectivity index (χ4v) is 1.46. The molecule has 76 valence electrons. The molecule has 0 atom stereocenters. The summed E-state index contributed by atoms with van der Waals surface area (Å²) in [6.07, 6.45) is 0. The van der Waals surface area contributed by atoms with Gasteiger partial charge in [-0.15, -0.1) is 0 Å². The lowest BCUT2D eigenvalue weighted by Crippen LogP contribution is -1.92. The third-order valence-electron chi connectivity index (χ3n) is 2.11. The maximum atomic E-state index is 13.2. The fourth-order valence-electron chi connectivity index (χ4n) is 1.46. The second-order valence-electron chi connectivity index (χ2n) is 2.99. The van der Waals surface area contributed by atoms with Crippen LogP contribution in [0.25, 0.3) is 10.8 Å². The zero-order chi connectivity index (χ0) is 11.0. The van der Waals surface area contributed by atoms with E-state index in [2.05, 4.69) is 0 Å². The largest absolute Gasteiger partial charge is 0.277 e. The molecule has 0 radical (unpaired) electrons. The van der Waals surface area contributed by atoms with Crippen molar-refractivity contribution in [3.05, 3.63) is 52.1 Å². The molecular weight excluding hydrogens is 204 g/mol. The SMILES string of the molecule is O=[N+]([O-])c1ccc(F)c2c(F)cccc12. The topological polar surface area (TPSA) is 43.1 Å². The van der Waals surface area contributed by atoms with E-state index in [1.54, 1.807) is 0 Å². The highest BCUT2D eigenvalue weighted by Gasteiger charge is 2.16. The Morgan fingerprint density at radius 3 is 2.40 bits per heavy atom. The average Bonchev–Trinajstić information content (AvgIpc) is 2.17. The Morgan fingerprint density at radius 2 is 1.73 bits per heavy atom. The highest BCUT2D eigenvalue weighted by Crippen LogP contribution is 2.29. The van der Waals surface area contributed by atoms with E-state index in [1.165, 1.54) is 12.1 Å². The third-order valence-corrected chi connectivity index (χ3v) is 2.11. The number of fused-ring (bicyclic) bond motifs is 1. The normalized spacial score (nSPS) is 10.5. The highest BCUT2D eigenvalue weighted by atomic mass is 19.1. The van der Waals surface area contributed by atoms with Gasteiger partial charge in [0.05, 0.1) is 15.7 Å². The zero-order valence-electron chi connectivity index (χ0n) is 7.41. The first-order chi connectivity index (χ1) is 7.11. The van der Waals surface area contributed by atoms with E-state index in [1.807, 2.05) is 0 Å². The number of non-ortho nitro benzene ring substituents is 1. The molecule has 0 spiro atoms. The first-order valence-corrected chi connectivity index (χ1v) is 4.12. The number of nitro benzene ring substituents is 1. The predicted molar refractivity (Wildman–Crippen MR) is 50.5 cm³/mol. The molecule has 0 N–H and O–H groups in total. The monoisotopic (exact) mass is 209 g/mol. The molecule has 2 rings (SSSR count). The van der Waals surface area contributed by atoms with Crippen molar-refractivity contribution in [3.63, 3.8) is 0 Å². The maximum absolute atomic E-state index is 13.2. The summed E-state index contributed by atoms with van der Waals surface area (Å²) >= 11 is 0. The first-order valence-electron chi connectivity index (χ1n) is 4.12. The van der Waals surface area contributed by atoms with Crippen LogP contribution in [-0.2, 0) is 0 Å². The van der Waals surface area contributed by atoms with Gasteiger partial charge in [0.2, 0.25) is 0 Å². The maximum Gasteiger partial charge on any atom is 0.277 e. The van der Waals surface area contributed by atoms with Crippen molar-refractivity contribution >= 4 is 16.5 Å². The molecule has 0 aliphatic rings. The Bertz CT molecular complexity index is 546. The Labute approximate surface area is 83.1 Å². The van der Waals surface area contributed by atoms with Crippen LogP contribution in [0.4, 0.5) is 14.5 Å². The zero-order valence-corrected chi connectivity index (χ0v) is 7.41. The molecule has 0 amide bonds. The molecular formula is C10H5F2NO2. The van der Waals surface area contributed by atoms with E-state index in [-0.39, 0.29) is 16.5 Å². The lowest BCUT2D eigenvalue weighted by molar-refractivity contribution is -0.383. The van der Waals surface area contributed by atoms with E-state index >= 15 is 0 Å². The van der Waals surface area contributed by atoms with Crippen LogP contribution in [0.5, 0.6) is 0 Å². The van der Waals surface area contributed by atoms with Crippen LogP contribution in [0, 0.1) is 21.7 Å². The van der Waals surface area contributed by atoms with Crippen LogP contribution in [0.1, 0.15) is 0 Å². The molecule has 0 saturated heterocycles. The molecule has 0 aliphatic heterocycles. The fraction of sp³-hybridized carbons (Fsp3) is 0.